The SMILES string of the molecule is CNC(CCN(C)CCCN(C)C)c1cccc(F)c1F. The van der Waals surface area contributed by atoms with E-state index in [1.165, 1.54) is 0 Å². The highest BCUT2D eigenvalue weighted by molar-refractivity contribution is 5.22. The average molecular weight is 299 g/mol. The van der Waals surface area contributed by atoms with Gasteiger partial charge in [0, 0.05) is 11.6 Å². The lowest BCUT2D eigenvalue weighted by atomic mass is 10.0. The minimum absolute atomic E-state index is 0.169. The summed E-state index contributed by atoms with van der Waals surface area (Å²) in [5.41, 5.74) is 0.402. The Bertz CT molecular complexity index is 424. The molecule has 0 aliphatic heterocycles. The van der Waals surface area contributed by atoms with Crippen LogP contribution in [0.4, 0.5) is 8.78 Å². The molecule has 1 aromatic rings. The molecule has 5 heteroatoms. The normalized spacial score (nSPS) is 13.1. The van der Waals surface area contributed by atoms with Crippen molar-refractivity contribution in [3.8, 4) is 0 Å². The molecule has 0 fully saturated rings. The van der Waals surface area contributed by atoms with Crippen LogP contribution >= 0.6 is 0 Å². The molecule has 3 nitrogen and oxygen atoms in total. The summed E-state index contributed by atoms with van der Waals surface area (Å²) in [7, 11) is 7.96. The summed E-state index contributed by atoms with van der Waals surface area (Å²) in [6.45, 7) is 2.90. The number of benzene rings is 1. The van der Waals surface area contributed by atoms with Crippen LogP contribution in [0.25, 0.3) is 0 Å². The van der Waals surface area contributed by atoms with Crippen LogP contribution in [0.1, 0.15) is 24.4 Å². The van der Waals surface area contributed by atoms with E-state index in [-0.39, 0.29) is 6.04 Å². The van der Waals surface area contributed by atoms with Gasteiger partial charge in [0.15, 0.2) is 11.6 Å². The highest BCUT2D eigenvalue weighted by atomic mass is 19.2. The van der Waals surface area contributed by atoms with Crippen LogP contribution in [-0.2, 0) is 0 Å². The summed E-state index contributed by atoms with van der Waals surface area (Å²) in [5.74, 6) is -1.53. The van der Waals surface area contributed by atoms with E-state index in [4.69, 9.17) is 0 Å². The summed E-state index contributed by atoms with van der Waals surface area (Å²) in [6, 6.07) is 4.18. The molecule has 1 rings (SSSR count). The Morgan fingerprint density at radius 3 is 2.43 bits per heavy atom. The Hall–Kier alpha value is -1.04. The van der Waals surface area contributed by atoms with E-state index in [2.05, 4.69) is 36.3 Å². The average Bonchev–Trinajstić information content (AvgIpc) is 2.43. The first-order valence-electron chi connectivity index (χ1n) is 7.40. The van der Waals surface area contributed by atoms with Crippen molar-refractivity contribution in [2.24, 2.45) is 0 Å². The molecular weight excluding hydrogens is 272 g/mol. The van der Waals surface area contributed by atoms with E-state index in [1.807, 2.05) is 0 Å². The van der Waals surface area contributed by atoms with Crippen LogP contribution < -0.4 is 5.32 Å². The zero-order chi connectivity index (χ0) is 15.8. The maximum Gasteiger partial charge on any atom is 0.163 e. The molecule has 1 atom stereocenters. The minimum Gasteiger partial charge on any atom is -0.313 e. The smallest absolute Gasteiger partial charge is 0.163 e. The number of hydrogen-bond donors (Lipinski definition) is 1. The van der Waals surface area contributed by atoms with Gasteiger partial charge in [0.25, 0.3) is 0 Å². The molecule has 0 bridgehead atoms. The standard InChI is InChI=1S/C16H27F2N3/c1-19-15(13-7-5-8-14(17)16(13)18)9-12-21(4)11-6-10-20(2)3/h5,7-8,15,19H,6,9-12H2,1-4H3. The monoisotopic (exact) mass is 299 g/mol. The third-order valence-electron chi connectivity index (χ3n) is 3.65. The molecular formula is C16H27F2N3. The number of halogens is 2. The third kappa shape index (κ3) is 6.08. The molecule has 1 aromatic carbocycles. The largest absolute Gasteiger partial charge is 0.313 e. The van der Waals surface area contributed by atoms with Gasteiger partial charge in [-0.05, 0) is 66.7 Å². The molecule has 0 spiro atoms. The Morgan fingerprint density at radius 1 is 1.10 bits per heavy atom. The van der Waals surface area contributed by atoms with Crippen molar-refractivity contribution in [2.75, 3.05) is 47.8 Å². The van der Waals surface area contributed by atoms with E-state index in [0.717, 1.165) is 38.5 Å². The fraction of sp³-hybridized carbons (Fsp3) is 0.625. The number of hydrogen-bond acceptors (Lipinski definition) is 3. The second-order valence-corrected chi connectivity index (χ2v) is 5.73. The van der Waals surface area contributed by atoms with Gasteiger partial charge < -0.3 is 15.1 Å². The van der Waals surface area contributed by atoms with E-state index >= 15 is 0 Å². The number of nitrogens with zero attached hydrogens (tertiary/aromatic N) is 2. The molecule has 0 radical (unpaired) electrons. The summed E-state index contributed by atoms with van der Waals surface area (Å²) in [6.07, 6.45) is 1.84. The van der Waals surface area contributed by atoms with E-state index in [1.54, 1.807) is 19.2 Å². The summed E-state index contributed by atoms with van der Waals surface area (Å²) < 4.78 is 27.1. The van der Waals surface area contributed by atoms with Crippen LogP contribution in [0, 0.1) is 11.6 Å². The number of rotatable bonds is 9. The molecule has 120 valence electrons. The van der Waals surface area contributed by atoms with Crippen molar-refractivity contribution < 1.29 is 8.78 Å². The van der Waals surface area contributed by atoms with Crippen molar-refractivity contribution in [1.82, 2.24) is 15.1 Å². The lowest BCUT2D eigenvalue weighted by Crippen LogP contribution is -2.28. The zero-order valence-corrected chi connectivity index (χ0v) is 13.5. The molecule has 1 unspecified atom stereocenters. The molecule has 0 saturated heterocycles. The summed E-state index contributed by atoms with van der Waals surface area (Å²) in [5, 5.41) is 3.07. The molecule has 0 aliphatic carbocycles. The van der Waals surface area contributed by atoms with Crippen molar-refractivity contribution in [1.29, 1.82) is 0 Å². The van der Waals surface area contributed by atoms with E-state index in [9.17, 15) is 8.78 Å². The first kappa shape index (κ1) is 18.0. The van der Waals surface area contributed by atoms with Crippen LogP contribution in [0.5, 0.6) is 0 Å². The summed E-state index contributed by atoms with van der Waals surface area (Å²) in [4.78, 5) is 4.39. The predicted molar refractivity (Wildman–Crippen MR) is 83.4 cm³/mol. The quantitative estimate of drug-likeness (QED) is 0.756. The van der Waals surface area contributed by atoms with Gasteiger partial charge in [0.05, 0.1) is 0 Å². The van der Waals surface area contributed by atoms with Gasteiger partial charge in [0.2, 0.25) is 0 Å². The second-order valence-electron chi connectivity index (χ2n) is 5.73. The summed E-state index contributed by atoms with van der Waals surface area (Å²) >= 11 is 0. The lowest BCUT2D eigenvalue weighted by Gasteiger charge is -2.22. The van der Waals surface area contributed by atoms with Crippen molar-refractivity contribution in [3.63, 3.8) is 0 Å². The maximum atomic E-state index is 13.8. The van der Waals surface area contributed by atoms with Gasteiger partial charge in [-0.3, -0.25) is 0 Å². The van der Waals surface area contributed by atoms with Gasteiger partial charge >= 0.3 is 0 Å². The molecule has 0 saturated carbocycles. The van der Waals surface area contributed by atoms with Crippen LogP contribution in [0.2, 0.25) is 0 Å². The van der Waals surface area contributed by atoms with Gasteiger partial charge in [-0.25, -0.2) is 8.78 Å². The van der Waals surface area contributed by atoms with Crippen LogP contribution in [0.3, 0.4) is 0 Å². The highest BCUT2D eigenvalue weighted by Gasteiger charge is 2.17. The van der Waals surface area contributed by atoms with Gasteiger partial charge in [-0.15, -0.1) is 0 Å². The molecule has 1 N–H and O–H groups in total. The fourth-order valence-electron chi connectivity index (χ4n) is 2.36. The first-order valence-corrected chi connectivity index (χ1v) is 7.40. The topological polar surface area (TPSA) is 18.5 Å². The predicted octanol–water partition coefficient (Wildman–Crippen LogP) is 2.50. The maximum absolute atomic E-state index is 13.8. The number of nitrogens with one attached hydrogen (secondary N) is 1. The first-order chi connectivity index (χ1) is 9.95. The Kier molecular flexibility index (Phi) is 7.78. The second kappa shape index (κ2) is 9.07. The zero-order valence-electron chi connectivity index (χ0n) is 13.5. The Morgan fingerprint density at radius 2 is 1.81 bits per heavy atom. The Balaban J connectivity index is 2.49. The molecule has 0 aromatic heterocycles. The van der Waals surface area contributed by atoms with E-state index < -0.39 is 11.6 Å². The van der Waals surface area contributed by atoms with Gasteiger partial charge in [0.1, 0.15) is 0 Å². The van der Waals surface area contributed by atoms with Crippen molar-refractivity contribution >= 4 is 0 Å². The van der Waals surface area contributed by atoms with Crippen molar-refractivity contribution in [2.45, 2.75) is 18.9 Å². The Labute approximate surface area is 126 Å². The fourth-order valence-corrected chi connectivity index (χ4v) is 2.36. The van der Waals surface area contributed by atoms with Crippen LogP contribution in [-0.4, -0.2) is 57.6 Å². The molecule has 21 heavy (non-hydrogen) atoms. The minimum atomic E-state index is -0.785. The van der Waals surface area contributed by atoms with E-state index in [0.29, 0.717) is 5.56 Å². The highest BCUT2D eigenvalue weighted by Crippen LogP contribution is 2.21. The molecule has 0 heterocycles. The molecule has 0 amide bonds. The van der Waals surface area contributed by atoms with Gasteiger partial charge in [-0.2, -0.15) is 0 Å². The van der Waals surface area contributed by atoms with Crippen LogP contribution in [0.15, 0.2) is 18.2 Å². The molecule has 0 aliphatic rings. The third-order valence-corrected chi connectivity index (χ3v) is 3.65. The van der Waals surface area contributed by atoms with Crippen molar-refractivity contribution in [3.05, 3.63) is 35.4 Å². The lowest BCUT2D eigenvalue weighted by molar-refractivity contribution is 0.284. The van der Waals surface area contributed by atoms with Gasteiger partial charge in [-0.1, -0.05) is 12.1 Å².